The summed E-state index contributed by atoms with van der Waals surface area (Å²) in [6.45, 7) is 12.9. The molecule has 1 N–H and O–H groups in total. The molecule has 1 atom stereocenters. The van der Waals surface area contributed by atoms with Crippen molar-refractivity contribution in [3.8, 4) is 0 Å². The Labute approximate surface area is 167 Å². The Morgan fingerprint density at radius 3 is 2.79 bits per heavy atom. The Bertz CT molecular complexity index is 521. The van der Waals surface area contributed by atoms with Crippen LogP contribution in [-0.4, -0.2) is 49.2 Å². The molecule has 1 aliphatic rings. The molecule has 0 radical (unpaired) electrons. The van der Waals surface area contributed by atoms with Gasteiger partial charge in [-0.05, 0) is 13.3 Å². The number of nitrogens with one attached hydrogen (secondary N) is 1. The van der Waals surface area contributed by atoms with Crippen LogP contribution in [0, 0.1) is 5.92 Å². The minimum absolute atomic E-state index is 0. The number of halogens is 1. The minimum Gasteiger partial charge on any atom is -0.381 e. The zero-order chi connectivity index (χ0) is 16.9. The van der Waals surface area contributed by atoms with E-state index in [2.05, 4.69) is 50.3 Å². The van der Waals surface area contributed by atoms with Crippen LogP contribution in [0.5, 0.6) is 0 Å². The van der Waals surface area contributed by atoms with Crippen molar-refractivity contribution >= 4 is 41.3 Å². The number of guanidine groups is 1. The average molecular weight is 466 g/mol. The summed E-state index contributed by atoms with van der Waals surface area (Å²) < 4.78 is 5.47. The van der Waals surface area contributed by atoms with Gasteiger partial charge in [-0.2, -0.15) is 0 Å². The number of hydrogen-bond donors (Lipinski definition) is 1. The van der Waals surface area contributed by atoms with Gasteiger partial charge < -0.3 is 15.0 Å². The van der Waals surface area contributed by atoms with E-state index < -0.39 is 0 Å². The molecular formula is C17H31IN4OS. The Morgan fingerprint density at radius 2 is 2.25 bits per heavy atom. The van der Waals surface area contributed by atoms with E-state index in [1.54, 1.807) is 11.3 Å². The van der Waals surface area contributed by atoms with Gasteiger partial charge in [0.25, 0.3) is 0 Å². The van der Waals surface area contributed by atoms with Crippen molar-refractivity contribution in [3.05, 3.63) is 16.1 Å². The van der Waals surface area contributed by atoms with Crippen molar-refractivity contribution in [1.29, 1.82) is 0 Å². The highest BCUT2D eigenvalue weighted by atomic mass is 127. The summed E-state index contributed by atoms with van der Waals surface area (Å²) in [5, 5.41) is 6.60. The lowest BCUT2D eigenvalue weighted by Crippen LogP contribution is -2.41. The van der Waals surface area contributed by atoms with Gasteiger partial charge in [0.05, 0.1) is 18.8 Å². The average Bonchev–Trinajstić information content (AvgIpc) is 3.13. The topological polar surface area (TPSA) is 49.8 Å². The second-order valence-electron chi connectivity index (χ2n) is 7.16. The third-order valence-corrected chi connectivity index (χ3v) is 4.77. The van der Waals surface area contributed by atoms with E-state index in [9.17, 15) is 0 Å². The fourth-order valence-electron chi connectivity index (χ4n) is 2.54. The van der Waals surface area contributed by atoms with Crippen LogP contribution in [0.15, 0.2) is 10.4 Å². The van der Waals surface area contributed by atoms with E-state index in [0.717, 1.165) is 49.4 Å². The molecular weight excluding hydrogens is 435 g/mol. The molecule has 1 aromatic rings. The molecule has 2 heterocycles. The summed E-state index contributed by atoms with van der Waals surface area (Å²) in [4.78, 5) is 11.7. The highest BCUT2D eigenvalue weighted by Gasteiger charge is 2.20. The van der Waals surface area contributed by atoms with Gasteiger partial charge >= 0.3 is 0 Å². The molecule has 0 aromatic carbocycles. The second kappa shape index (κ2) is 9.91. The van der Waals surface area contributed by atoms with Gasteiger partial charge in [0.1, 0.15) is 5.01 Å². The fourth-order valence-corrected chi connectivity index (χ4v) is 3.49. The lowest BCUT2D eigenvalue weighted by Gasteiger charge is -2.24. The van der Waals surface area contributed by atoms with Gasteiger partial charge in [0.2, 0.25) is 0 Å². The van der Waals surface area contributed by atoms with E-state index in [0.29, 0.717) is 12.5 Å². The van der Waals surface area contributed by atoms with Crippen LogP contribution in [-0.2, 0) is 16.7 Å². The highest BCUT2D eigenvalue weighted by molar-refractivity contribution is 14.0. The maximum atomic E-state index is 5.47. The number of aliphatic imine (C=N–C) groups is 1. The summed E-state index contributed by atoms with van der Waals surface area (Å²) in [5.41, 5.74) is 1.25. The van der Waals surface area contributed by atoms with E-state index >= 15 is 0 Å². The third kappa shape index (κ3) is 6.48. The molecule has 1 aliphatic heterocycles. The number of ether oxygens (including phenoxy) is 1. The number of aromatic nitrogens is 1. The van der Waals surface area contributed by atoms with Gasteiger partial charge in [-0.1, -0.05) is 20.8 Å². The lowest BCUT2D eigenvalue weighted by molar-refractivity contribution is 0.181. The molecule has 0 saturated carbocycles. The normalized spacial score (nSPS) is 18.4. The maximum absolute atomic E-state index is 5.47. The third-order valence-electron chi connectivity index (χ3n) is 3.94. The van der Waals surface area contributed by atoms with Crippen molar-refractivity contribution in [3.63, 3.8) is 0 Å². The molecule has 1 saturated heterocycles. The van der Waals surface area contributed by atoms with E-state index in [-0.39, 0.29) is 29.4 Å². The van der Waals surface area contributed by atoms with Crippen molar-refractivity contribution < 1.29 is 4.74 Å². The van der Waals surface area contributed by atoms with Crippen molar-refractivity contribution in [1.82, 2.24) is 15.2 Å². The number of nitrogens with zero attached hydrogens (tertiary/aromatic N) is 3. The molecule has 7 heteroatoms. The summed E-state index contributed by atoms with van der Waals surface area (Å²) in [6, 6.07) is 0. The lowest BCUT2D eigenvalue weighted by atomic mass is 9.93. The van der Waals surface area contributed by atoms with Crippen LogP contribution in [0.4, 0.5) is 0 Å². The van der Waals surface area contributed by atoms with Gasteiger partial charge in [0, 0.05) is 43.5 Å². The number of rotatable bonds is 5. The first-order valence-electron chi connectivity index (χ1n) is 8.42. The minimum atomic E-state index is 0. The monoisotopic (exact) mass is 466 g/mol. The largest absolute Gasteiger partial charge is 0.381 e. The zero-order valence-electron chi connectivity index (χ0n) is 15.5. The van der Waals surface area contributed by atoms with Crippen LogP contribution in [0.25, 0.3) is 0 Å². The molecule has 5 nitrogen and oxygen atoms in total. The molecule has 1 aromatic heterocycles. The molecule has 1 unspecified atom stereocenters. The fraction of sp³-hybridized carbons (Fsp3) is 0.765. The molecule has 0 amide bonds. The quantitative estimate of drug-likeness (QED) is 0.410. The predicted octanol–water partition coefficient (Wildman–Crippen LogP) is 3.49. The molecule has 138 valence electrons. The van der Waals surface area contributed by atoms with Crippen LogP contribution in [0.2, 0.25) is 0 Å². The van der Waals surface area contributed by atoms with E-state index in [1.807, 2.05) is 0 Å². The van der Waals surface area contributed by atoms with E-state index in [1.165, 1.54) is 0 Å². The van der Waals surface area contributed by atoms with Gasteiger partial charge in [0.15, 0.2) is 5.96 Å². The second-order valence-corrected chi connectivity index (χ2v) is 8.10. The van der Waals surface area contributed by atoms with Crippen LogP contribution < -0.4 is 5.32 Å². The SMILES string of the molecule is CCNC(=NCc1nc(C(C)(C)C)cs1)N(C)CC1CCOC1.I. The molecule has 0 aliphatic carbocycles. The maximum Gasteiger partial charge on any atom is 0.194 e. The standard InChI is InChI=1S/C17H30N4OS.HI/c1-6-18-16(21(5)10-13-7-8-22-11-13)19-9-15-20-14(12-23-15)17(2,3)4;/h12-13H,6-11H2,1-5H3,(H,18,19);1H. The molecule has 1 fully saturated rings. The predicted molar refractivity (Wildman–Crippen MR) is 113 cm³/mol. The Kier molecular flexibility index (Phi) is 8.94. The first kappa shape index (κ1) is 21.6. The Hall–Kier alpha value is -0.410. The Balaban J connectivity index is 0.00000288. The van der Waals surface area contributed by atoms with Crippen LogP contribution >= 0.6 is 35.3 Å². The molecule has 0 bridgehead atoms. The van der Waals surface area contributed by atoms with Crippen molar-refractivity contribution in [2.24, 2.45) is 10.9 Å². The molecule has 2 rings (SSSR count). The Morgan fingerprint density at radius 1 is 1.50 bits per heavy atom. The number of thiazole rings is 1. The van der Waals surface area contributed by atoms with Gasteiger partial charge in [-0.3, -0.25) is 0 Å². The van der Waals surface area contributed by atoms with Gasteiger partial charge in [-0.15, -0.1) is 35.3 Å². The first-order valence-corrected chi connectivity index (χ1v) is 9.30. The van der Waals surface area contributed by atoms with Gasteiger partial charge in [-0.25, -0.2) is 9.98 Å². The smallest absolute Gasteiger partial charge is 0.194 e. The summed E-state index contributed by atoms with van der Waals surface area (Å²) in [5.74, 6) is 1.56. The summed E-state index contributed by atoms with van der Waals surface area (Å²) in [7, 11) is 2.10. The highest BCUT2D eigenvalue weighted by Crippen LogP contribution is 2.24. The summed E-state index contributed by atoms with van der Waals surface area (Å²) >= 11 is 1.70. The molecule has 0 spiro atoms. The molecule has 24 heavy (non-hydrogen) atoms. The first-order chi connectivity index (χ1) is 10.9. The van der Waals surface area contributed by atoms with E-state index in [4.69, 9.17) is 14.7 Å². The van der Waals surface area contributed by atoms with Crippen LogP contribution in [0.1, 0.15) is 44.8 Å². The summed E-state index contributed by atoms with van der Waals surface area (Å²) in [6.07, 6.45) is 1.14. The van der Waals surface area contributed by atoms with Crippen molar-refractivity contribution in [2.75, 3.05) is 33.4 Å². The van der Waals surface area contributed by atoms with Crippen LogP contribution in [0.3, 0.4) is 0 Å². The number of hydrogen-bond acceptors (Lipinski definition) is 4. The van der Waals surface area contributed by atoms with Crippen molar-refractivity contribution in [2.45, 2.75) is 46.1 Å². The zero-order valence-corrected chi connectivity index (χ0v) is 18.6.